The Morgan fingerprint density at radius 2 is 2.04 bits per heavy atom. The minimum Gasteiger partial charge on any atom is -0.491 e. The summed E-state index contributed by atoms with van der Waals surface area (Å²) in [5.41, 5.74) is 1.62. The predicted molar refractivity (Wildman–Crippen MR) is 99.3 cm³/mol. The molecule has 1 amide bonds. The molecule has 2 aliphatic rings. The monoisotopic (exact) mass is 354 g/mol. The molecule has 1 aromatic carbocycles. The molecule has 2 aromatic rings. The minimum absolute atomic E-state index is 0.00461. The van der Waals surface area contributed by atoms with Crippen LogP contribution in [0.3, 0.4) is 0 Å². The number of hydrogen-bond acceptors (Lipinski definition) is 4. The Morgan fingerprint density at radius 3 is 2.85 bits per heavy atom. The van der Waals surface area contributed by atoms with E-state index < -0.39 is 0 Å². The molecule has 6 nitrogen and oxygen atoms in total. The summed E-state index contributed by atoms with van der Waals surface area (Å²) in [6, 6.07) is 7.93. The van der Waals surface area contributed by atoms with Crippen molar-refractivity contribution >= 4 is 5.91 Å². The maximum atomic E-state index is 13.1. The number of piperidine rings is 1. The molecule has 3 heterocycles. The number of hydrogen-bond donors (Lipinski definition) is 1. The lowest BCUT2D eigenvalue weighted by atomic mass is 9.97. The van der Waals surface area contributed by atoms with Crippen LogP contribution in [0.25, 0.3) is 0 Å². The van der Waals surface area contributed by atoms with Crippen molar-refractivity contribution in [3.8, 4) is 5.75 Å². The third kappa shape index (κ3) is 3.33. The number of imidazole rings is 1. The molecular weight excluding hydrogens is 328 g/mol. The highest BCUT2D eigenvalue weighted by molar-refractivity contribution is 5.92. The van der Waals surface area contributed by atoms with E-state index in [0.29, 0.717) is 24.8 Å². The molecule has 2 aliphatic heterocycles. The van der Waals surface area contributed by atoms with Crippen LogP contribution < -0.4 is 4.74 Å². The largest absolute Gasteiger partial charge is 0.491 e. The number of aromatic amines is 1. The van der Waals surface area contributed by atoms with Crippen LogP contribution in [0.4, 0.5) is 0 Å². The third-order valence-corrected chi connectivity index (χ3v) is 5.52. The lowest BCUT2D eigenvalue weighted by Gasteiger charge is -2.27. The van der Waals surface area contributed by atoms with Gasteiger partial charge < -0.3 is 19.5 Å². The number of nitrogens with one attached hydrogen (secondary N) is 1. The first kappa shape index (κ1) is 17.1. The van der Waals surface area contributed by atoms with Crippen molar-refractivity contribution in [3.05, 3.63) is 47.5 Å². The van der Waals surface area contributed by atoms with Gasteiger partial charge in [0.25, 0.3) is 5.91 Å². The Hall–Kier alpha value is -2.34. The summed E-state index contributed by atoms with van der Waals surface area (Å²) in [5.74, 6) is 2.22. The van der Waals surface area contributed by atoms with E-state index in [4.69, 9.17) is 4.74 Å². The van der Waals surface area contributed by atoms with Gasteiger partial charge >= 0.3 is 0 Å². The molecule has 6 heteroatoms. The molecular formula is C20H26N4O2. The van der Waals surface area contributed by atoms with Crippen LogP contribution >= 0.6 is 0 Å². The van der Waals surface area contributed by atoms with Gasteiger partial charge in [-0.05, 0) is 46.0 Å². The van der Waals surface area contributed by atoms with Gasteiger partial charge in [-0.1, -0.05) is 18.2 Å². The lowest BCUT2D eigenvalue weighted by Crippen LogP contribution is -2.40. The molecule has 0 aliphatic carbocycles. The highest BCUT2D eigenvalue weighted by atomic mass is 16.5. The first-order chi connectivity index (χ1) is 12.6. The number of ether oxygens (including phenoxy) is 1. The average molecular weight is 354 g/mol. The van der Waals surface area contributed by atoms with Crippen molar-refractivity contribution in [1.29, 1.82) is 0 Å². The number of H-pyrrole nitrogens is 1. The summed E-state index contributed by atoms with van der Waals surface area (Å²) in [4.78, 5) is 25.1. The van der Waals surface area contributed by atoms with E-state index in [-0.39, 0.29) is 11.9 Å². The Bertz CT molecular complexity index is 780. The smallest absolute Gasteiger partial charge is 0.272 e. The van der Waals surface area contributed by atoms with Crippen molar-refractivity contribution in [3.63, 3.8) is 0 Å². The number of para-hydroxylation sites is 1. The number of likely N-dealkylation sites (tertiary alicyclic amines) is 1. The van der Waals surface area contributed by atoms with Gasteiger partial charge in [0.2, 0.25) is 0 Å². The van der Waals surface area contributed by atoms with E-state index in [2.05, 4.69) is 21.9 Å². The predicted octanol–water partition coefficient (Wildman–Crippen LogP) is 2.64. The van der Waals surface area contributed by atoms with E-state index in [0.717, 1.165) is 43.1 Å². The first-order valence-electron chi connectivity index (χ1n) is 9.37. The van der Waals surface area contributed by atoms with Crippen molar-refractivity contribution < 1.29 is 9.53 Å². The van der Waals surface area contributed by atoms with Crippen molar-refractivity contribution in [2.75, 3.05) is 26.7 Å². The topological polar surface area (TPSA) is 61.5 Å². The van der Waals surface area contributed by atoms with Gasteiger partial charge in [0, 0.05) is 11.5 Å². The Kier molecular flexibility index (Phi) is 4.68. The fourth-order valence-electron chi connectivity index (χ4n) is 3.78. The molecule has 1 unspecified atom stereocenters. The molecule has 138 valence electrons. The molecule has 4 rings (SSSR count). The van der Waals surface area contributed by atoms with Crippen molar-refractivity contribution in [2.24, 2.45) is 0 Å². The fraction of sp³-hybridized carbons (Fsp3) is 0.500. The molecule has 1 saturated heterocycles. The van der Waals surface area contributed by atoms with E-state index >= 15 is 0 Å². The molecule has 1 atom stereocenters. The number of nitrogens with zero attached hydrogens (tertiary/aromatic N) is 3. The second-order valence-electron chi connectivity index (χ2n) is 7.46. The summed E-state index contributed by atoms with van der Waals surface area (Å²) >= 11 is 0. The third-order valence-electron chi connectivity index (χ3n) is 5.52. The highest BCUT2D eigenvalue weighted by Gasteiger charge is 2.28. The zero-order valence-electron chi connectivity index (χ0n) is 15.4. The van der Waals surface area contributed by atoms with Crippen LogP contribution in [-0.2, 0) is 6.54 Å². The quantitative estimate of drug-likeness (QED) is 0.901. The number of benzene rings is 1. The molecule has 0 spiro atoms. The van der Waals surface area contributed by atoms with Gasteiger partial charge in [0.15, 0.2) is 0 Å². The van der Waals surface area contributed by atoms with E-state index in [9.17, 15) is 4.79 Å². The SMILES string of the molecule is CC1COc2ccccc2CN1C(=O)c1cnc(C2CCN(C)CC2)[nH]1. The maximum absolute atomic E-state index is 13.1. The Balaban J connectivity index is 1.52. The van der Waals surface area contributed by atoms with Gasteiger partial charge in [0.05, 0.1) is 18.8 Å². The number of aromatic nitrogens is 2. The van der Waals surface area contributed by atoms with Crippen LogP contribution in [0.1, 0.15) is 47.6 Å². The summed E-state index contributed by atoms with van der Waals surface area (Å²) < 4.78 is 5.86. The van der Waals surface area contributed by atoms with Gasteiger partial charge in [-0.2, -0.15) is 0 Å². The second kappa shape index (κ2) is 7.11. The van der Waals surface area contributed by atoms with Crippen molar-refractivity contribution in [2.45, 2.75) is 38.3 Å². The van der Waals surface area contributed by atoms with Gasteiger partial charge in [-0.3, -0.25) is 4.79 Å². The molecule has 26 heavy (non-hydrogen) atoms. The molecule has 0 radical (unpaired) electrons. The maximum Gasteiger partial charge on any atom is 0.272 e. The van der Waals surface area contributed by atoms with Crippen LogP contribution in [0.2, 0.25) is 0 Å². The van der Waals surface area contributed by atoms with Crippen LogP contribution in [0.15, 0.2) is 30.5 Å². The molecule has 0 saturated carbocycles. The number of fused-ring (bicyclic) bond motifs is 1. The van der Waals surface area contributed by atoms with E-state index in [1.165, 1.54) is 0 Å². The lowest BCUT2D eigenvalue weighted by molar-refractivity contribution is 0.0640. The minimum atomic E-state index is -0.00974. The zero-order valence-corrected chi connectivity index (χ0v) is 15.4. The molecule has 0 bridgehead atoms. The first-order valence-corrected chi connectivity index (χ1v) is 9.37. The number of carbonyl (C=O) groups is 1. The summed E-state index contributed by atoms with van der Waals surface area (Å²) in [6.07, 6.45) is 3.86. The Labute approximate surface area is 154 Å². The normalized spacial score (nSPS) is 21.8. The number of rotatable bonds is 2. The van der Waals surface area contributed by atoms with Crippen molar-refractivity contribution in [1.82, 2.24) is 19.8 Å². The summed E-state index contributed by atoms with van der Waals surface area (Å²) in [6.45, 7) is 5.23. The van der Waals surface area contributed by atoms with Crippen LogP contribution in [0.5, 0.6) is 5.75 Å². The standard InChI is InChI=1S/C20H26N4O2/c1-14-13-26-18-6-4-3-5-16(18)12-24(14)20(25)17-11-21-19(22-17)15-7-9-23(2)10-8-15/h3-6,11,14-15H,7-10,12-13H2,1-2H3,(H,21,22). The van der Waals surface area contributed by atoms with E-state index in [1.807, 2.05) is 36.1 Å². The Morgan fingerprint density at radius 1 is 1.27 bits per heavy atom. The number of amides is 1. The second-order valence-corrected chi connectivity index (χ2v) is 7.46. The van der Waals surface area contributed by atoms with E-state index in [1.54, 1.807) is 6.20 Å². The van der Waals surface area contributed by atoms with Gasteiger partial charge in [0.1, 0.15) is 23.9 Å². The molecule has 1 aromatic heterocycles. The van der Waals surface area contributed by atoms with Crippen LogP contribution in [-0.4, -0.2) is 58.5 Å². The number of carbonyl (C=O) groups excluding carboxylic acids is 1. The summed E-state index contributed by atoms with van der Waals surface area (Å²) in [7, 11) is 2.15. The van der Waals surface area contributed by atoms with Crippen LogP contribution in [0, 0.1) is 0 Å². The molecule has 1 N–H and O–H groups in total. The highest BCUT2D eigenvalue weighted by Crippen LogP contribution is 2.27. The summed E-state index contributed by atoms with van der Waals surface area (Å²) in [5, 5.41) is 0. The van der Waals surface area contributed by atoms with Gasteiger partial charge in [-0.15, -0.1) is 0 Å². The molecule has 1 fully saturated rings. The zero-order chi connectivity index (χ0) is 18.1. The van der Waals surface area contributed by atoms with Gasteiger partial charge in [-0.25, -0.2) is 4.98 Å². The fourth-order valence-corrected chi connectivity index (χ4v) is 3.78. The average Bonchev–Trinajstić information content (AvgIpc) is 3.08.